The number of aromatic nitrogens is 3. The fourth-order valence-electron chi connectivity index (χ4n) is 5.00. The molecule has 0 spiro atoms. The monoisotopic (exact) mass is 480 g/mol. The number of benzene rings is 1. The average molecular weight is 481 g/mol. The Bertz CT molecular complexity index is 996. The average Bonchev–Trinajstić information content (AvgIpc) is 3.49. The van der Waals surface area contributed by atoms with Gasteiger partial charge in [0, 0.05) is 18.2 Å². The lowest BCUT2D eigenvalue weighted by Crippen LogP contribution is -2.32. The zero-order valence-electron chi connectivity index (χ0n) is 21.3. The molecule has 0 aliphatic heterocycles. The summed E-state index contributed by atoms with van der Waals surface area (Å²) in [6.07, 6.45) is 13.0. The first-order valence-corrected chi connectivity index (χ1v) is 13.9. The van der Waals surface area contributed by atoms with Crippen LogP contribution in [0, 0.1) is 0 Å². The number of thioether (sulfide) groups is 1. The summed E-state index contributed by atoms with van der Waals surface area (Å²) < 4.78 is 2.31. The van der Waals surface area contributed by atoms with E-state index in [0.717, 1.165) is 42.4 Å². The van der Waals surface area contributed by atoms with Gasteiger partial charge in [-0.15, -0.1) is 10.2 Å². The highest BCUT2D eigenvalue weighted by Crippen LogP contribution is 2.38. The van der Waals surface area contributed by atoms with E-state index in [0.29, 0.717) is 6.04 Å². The zero-order chi connectivity index (χ0) is 24.1. The van der Waals surface area contributed by atoms with Gasteiger partial charge in [0.1, 0.15) is 0 Å². The van der Waals surface area contributed by atoms with Crippen LogP contribution in [0.1, 0.15) is 97.1 Å². The van der Waals surface area contributed by atoms with Crippen molar-refractivity contribution >= 4 is 17.7 Å². The van der Waals surface area contributed by atoms with Crippen molar-refractivity contribution in [2.24, 2.45) is 0 Å². The molecule has 1 saturated carbocycles. The van der Waals surface area contributed by atoms with Crippen molar-refractivity contribution < 1.29 is 4.79 Å². The van der Waals surface area contributed by atoms with Gasteiger partial charge in [-0.1, -0.05) is 81.3 Å². The molecule has 4 rings (SSSR count). The Kier molecular flexibility index (Phi) is 8.18. The molecular weight excluding hydrogens is 440 g/mol. The number of nitrogens with one attached hydrogen (secondary N) is 1. The normalized spacial score (nSPS) is 18.1. The van der Waals surface area contributed by atoms with Crippen LogP contribution >= 0.6 is 11.8 Å². The van der Waals surface area contributed by atoms with Gasteiger partial charge in [0.25, 0.3) is 0 Å². The van der Waals surface area contributed by atoms with Crippen molar-refractivity contribution in [3.05, 3.63) is 41.5 Å². The molecule has 0 bridgehead atoms. The summed E-state index contributed by atoms with van der Waals surface area (Å²) in [5.74, 6) is 1.00. The molecule has 34 heavy (non-hydrogen) atoms. The predicted octanol–water partition coefficient (Wildman–Crippen LogP) is 6.85. The van der Waals surface area contributed by atoms with Gasteiger partial charge in [-0.05, 0) is 62.8 Å². The molecule has 0 saturated heterocycles. The number of rotatable bonds is 8. The Morgan fingerprint density at radius 1 is 1.12 bits per heavy atom. The summed E-state index contributed by atoms with van der Waals surface area (Å²) in [5, 5.41) is 13.0. The van der Waals surface area contributed by atoms with Crippen LogP contribution in [-0.2, 0) is 10.2 Å². The van der Waals surface area contributed by atoms with Crippen LogP contribution < -0.4 is 5.32 Å². The molecule has 5 nitrogen and oxygen atoms in total. The molecule has 2 aliphatic carbocycles. The van der Waals surface area contributed by atoms with E-state index in [1.165, 1.54) is 61.4 Å². The third-order valence-corrected chi connectivity index (χ3v) is 8.20. The van der Waals surface area contributed by atoms with E-state index in [2.05, 4.69) is 71.2 Å². The van der Waals surface area contributed by atoms with Crippen LogP contribution in [0.15, 0.2) is 41.1 Å². The van der Waals surface area contributed by atoms with Gasteiger partial charge >= 0.3 is 0 Å². The van der Waals surface area contributed by atoms with Gasteiger partial charge in [-0.3, -0.25) is 9.36 Å². The minimum atomic E-state index is -0.208. The van der Waals surface area contributed by atoms with Crippen molar-refractivity contribution in [1.82, 2.24) is 20.1 Å². The van der Waals surface area contributed by atoms with Gasteiger partial charge in [-0.2, -0.15) is 0 Å². The Morgan fingerprint density at radius 2 is 1.85 bits per heavy atom. The van der Waals surface area contributed by atoms with Gasteiger partial charge in [0.2, 0.25) is 5.91 Å². The van der Waals surface area contributed by atoms with Crippen molar-refractivity contribution in [1.29, 1.82) is 0 Å². The van der Waals surface area contributed by atoms with Crippen LogP contribution in [0.25, 0.3) is 11.4 Å². The van der Waals surface area contributed by atoms with Crippen molar-refractivity contribution in [3.63, 3.8) is 0 Å². The second-order valence-electron chi connectivity index (χ2n) is 10.9. The molecule has 1 atom stereocenters. The van der Waals surface area contributed by atoms with Crippen LogP contribution in [0.5, 0.6) is 0 Å². The molecule has 0 unspecified atom stereocenters. The van der Waals surface area contributed by atoms with E-state index in [-0.39, 0.29) is 16.6 Å². The number of carbonyl (C=O) groups is 1. The van der Waals surface area contributed by atoms with Gasteiger partial charge in [0.15, 0.2) is 11.0 Å². The molecule has 184 valence electrons. The Morgan fingerprint density at radius 3 is 2.50 bits per heavy atom. The molecule has 1 aromatic heterocycles. The summed E-state index contributed by atoms with van der Waals surface area (Å²) >= 11 is 1.54. The highest BCUT2D eigenvalue weighted by molar-refractivity contribution is 8.00. The fourth-order valence-corrected chi connectivity index (χ4v) is 5.94. The molecule has 1 N–H and O–H groups in total. The number of carbonyl (C=O) groups excluding carboxylic acids is 1. The number of amides is 1. The van der Waals surface area contributed by atoms with Gasteiger partial charge < -0.3 is 5.32 Å². The Hall–Kier alpha value is -2.08. The summed E-state index contributed by atoms with van der Waals surface area (Å²) in [5.41, 5.74) is 4.02. The van der Waals surface area contributed by atoms with Crippen molar-refractivity contribution in [2.75, 3.05) is 6.54 Å². The van der Waals surface area contributed by atoms with Gasteiger partial charge in [-0.25, -0.2) is 0 Å². The maximum absolute atomic E-state index is 12.8. The van der Waals surface area contributed by atoms with Crippen LogP contribution in [-0.4, -0.2) is 32.5 Å². The van der Waals surface area contributed by atoms with Crippen LogP contribution in [0.4, 0.5) is 0 Å². The molecule has 1 heterocycles. The third kappa shape index (κ3) is 6.12. The predicted molar refractivity (Wildman–Crippen MR) is 141 cm³/mol. The van der Waals surface area contributed by atoms with Crippen molar-refractivity contribution in [3.8, 4) is 11.4 Å². The first-order valence-electron chi connectivity index (χ1n) is 13.0. The van der Waals surface area contributed by atoms with E-state index in [9.17, 15) is 4.79 Å². The molecule has 1 amide bonds. The lowest BCUT2D eigenvalue weighted by Gasteiger charge is -2.20. The second kappa shape index (κ2) is 11.1. The zero-order valence-corrected chi connectivity index (χ0v) is 22.1. The quantitative estimate of drug-likeness (QED) is 0.332. The molecular formula is C28H40N4OS. The number of nitrogens with zero attached hydrogens (tertiary/aromatic N) is 3. The Balaban J connectivity index is 1.46. The van der Waals surface area contributed by atoms with E-state index >= 15 is 0 Å². The second-order valence-corrected chi connectivity index (χ2v) is 12.2. The summed E-state index contributed by atoms with van der Waals surface area (Å²) in [6.45, 7) is 9.39. The summed E-state index contributed by atoms with van der Waals surface area (Å²) in [4.78, 5) is 12.8. The van der Waals surface area contributed by atoms with E-state index in [1.54, 1.807) is 0 Å². The summed E-state index contributed by atoms with van der Waals surface area (Å²) in [6, 6.07) is 9.14. The Labute approximate surface area is 209 Å². The molecule has 1 aromatic carbocycles. The molecule has 1 fully saturated rings. The first kappa shape index (κ1) is 25.0. The number of hydrogen-bond acceptors (Lipinski definition) is 4. The fraction of sp³-hybridized carbons (Fsp3) is 0.607. The number of hydrogen-bond donors (Lipinski definition) is 1. The number of allylic oxidation sites excluding steroid dienone is 1. The largest absolute Gasteiger partial charge is 0.355 e. The lowest BCUT2D eigenvalue weighted by atomic mass is 9.86. The van der Waals surface area contributed by atoms with E-state index < -0.39 is 0 Å². The van der Waals surface area contributed by atoms with Crippen LogP contribution in [0.3, 0.4) is 0 Å². The standard InChI is InChI=1S/C28H40N4OS/c1-20(26(33)29-19-18-21-10-6-5-7-11-21)34-27-31-30-25(32(27)24-12-8-9-13-24)22-14-16-23(17-15-22)28(2,3)4/h10,14-17,20,24H,5-9,11-13,18-19H2,1-4H3,(H,29,33)/t20-/m0/s1. The van der Waals surface area contributed by atoms with Crippen LogP contribution in [0.2, 0.25) is 0 Å². The molecule has 2 aliphatic rings. The van der Waals surface area contributed by atoms with Gasteiger partial charge in [0.05, 0.1) is 5.25 Å². The smallest absolute Gasteiger partial charge is 0.233 e. The molecule has 0 radical (unpaired) electrons. The maximum Gasteiger partial charge on any atom is 0.233 e. The van der Waals surface area contributed by atoms with E-state index in [1.807, 2.05) is 6.92 Å². The lowest BCUT2D eigenvalue weighted by molar-refractivity contribution is -0.120. The highest BCUT2D eigenvalue weighted by Gasteiger charge is 2.27. The highest BCUT2D eigenvalue weighted by atomic mass is 32.2. The van der Waals surface area contributed by atoms with Crippen molar-refractivity contribution in [2.45, 2.75) is 107 Å². The SMILES string of the molecule is C[C@H](Sc1nnc(-c2ccc(C(C)(C)C)cc2)n1C1CCCC1)C(=O)NCCC1=CCCCC1. The topological polar surface area (TPSA) is 59.8 Å². The van der Waals surface area contributed by atoms with E-state index in [4.69, 9.17) is 0 Å². The minimum absolute atomic E-state index is 0.0819. The maximum atomic E-state index is 12.8. The third-order valence-electron chi connectivity index (χ3n) is 7.15. The first-order chi connectivity index (χ1) is 16.3. The molecule has 6 heteroatoms. The summed E-state index contributed by atoms with van der Waals surface area (Å²) in [7, 11) is 0. The minimum Gasteiger partial charge on any atom is -0.355 e. The molecule has 2 aromatic rings.